The van der Waals surface area contributed by atoms with E-state index in [4.69, 9.17) is 0 Å². The molecular formula is C13H17BrN2O. The Labute approximate surface area is 110 Å². The Morgan fingerprint density at radius 2 is 2.35 bits per heavy atom. The lowest BCUT2D eigenvalue weighted by atomic mass is 10.2. The molecule has 1 fully saturated rings. The first-order chi connectivity index (χ1) is 8.22. The zero-order chi connectivity index (χ0) is 12.3. The van der Waals surface area contributed by atoms with Crippen molar-refractivity contribution in [3.63, 3.8) is 0 Å². The molecule has 0 N–H and O–H groups in total. The fourth-order valence-electron chi connectivity index (χ4n) is 1.87. The number of nitrogens with zero attached hydrogens (tertiary/aromatic N) is 2. The zero-order valence-corrected chi connectivity index (χ0v) is 11.6. The first-order valence-corrected chi connectivity index (χ1v) is 6.94. The van der Waals surface area contributed by atoms with E-state index >= 15 is 0 Å². The number of aromatic nitrogens is 1. The smallest absolute Gasteiger partial charge is 0.254 e. The van der Waals surface area contributed by atoms with E-state index in [0.29, 0.717) is 6.04 Å². The minimum atomic E-state index is 0.143. The summed E-state index contributed by atoms with van der Waals surface area (Å²) in [5.41, 5.74) is 0.731. The van der Waals surface area contributed by atoms with Crippen LogP contribution in [0, 0.1) is 0 Å². The van der Waals surface area contributed by atoms with Gasteiger partial charge in [0.2, 0.25) is 0 Å². The lowest BCUT2D eigenvalue weighted by molar-refractivity contribution is 0.0740. The number of hydrogen-bond donors (Lipinski definition) is 0. The van der Waals surface area contributed by atoms with Gasteiger partial charge in [0.25, 0.3) is 5.91 Å². The number of rotatable bonds is 5. The van der Waals surface area contributed by atoms with Crippen molar-refractivity contribution in [2.24, 2.45) is 0 Å². The first kappa shape index (κ1) is 12.6. The molecule has 92 valence electrons. The molecule has 1 amide bonds. The van der Waals surface area contributed by atoms with Crippen LogP contribution in [0.25, 0.3) is 0 Å². The molecule has 17 heavy (non-hydrogen) atoms. The van der Waals surface area contributed by atoms with Gasteiger partial charge >= 0.3 is 0 Å². The fourth-order valence-corrected chi connectivity index (χ4v) is 2.23. The second kappa shape index (κ2) is 5.63. The molecule has 1 aromatic rings. The van der Waals surface area contributed by atoms with Crippen molar-refractivity contribution in [3.8, 4) is 0 Å². The van der Waals surface area contributed by atoms with E-state index in [-0.39, 0.29) is 5.91 Å². The summed E-state index contributed by atoms with van der Waals surface area (Å²) in [4.78, 5) is 18.4. The fraction of sp³-hybridized carbons (Fsp3) is 0.538. The van der Waals surface area contributed by atoms with Crippen molar-refractivity contribution >= 4 is 21.8 Å². The third-order valence-electron chi connectivity index (χ3n) is 2.97. The van der Waals surface area contributed by atoms with Gasteiger partial charge in [0, 0.05) is 24.3 Å². The largest absolute Gasteiger partial charge is 0.336 e. The molecule has 1 aromatic heterocycles. The van der Waals surface area contributed by atoms with Crippen molar-refractivity contribution < 1.29 is 4.79 Å². The van der Waals surface area contributed by atoms with Crippen LogP contribution in [0.5, 0.6) is 0 Å². The van der Waals surface area contributed by atoms with Crippen molar-refractivity contribution in [1.82, 2.24) is 9.88 Å². The van der Waals surface area contributed by atoms with Gasteiger partial charge in [0.15, 0.2) is 0 Å². The molecule has 0 unspecified atom stereocenters. The molecule has 1 saturated carbocycles. The van der Waals surface area contributed by atoms with Gasteiger partial charge in [-0.05, 0) is 47.3 Å². The quantitative estimate of drug-likeness (QED) is 0.782. The zero-order valence-electron chi connectivity index (χ0n) is 10.0. The monoisotopic (exact) mass is 296 g/mol. The molecule has 0 radical (unpaired) electrons. The predicted octanol–water partition coefficient (Wildman–Crippen LogP) is 3.25. The van der Waals surface area contributed by atoms with Crippen molar-refractivity contribution in [3.05, 3.63) is 28.5 Å². The highest BCUT2D eigenvalue weighted by molar-refractivity contribution is 9.10. The van der Waals surface area contributed by atoms with Crippen LogP contribution in [0.15, 0.2) is 22.9 Å². The molecule has 3 nitrogen and oxygen atoms in total. The molecule has 2 rings (SSSR count). The second-order valence-electron chi connectivity index (χ2n) is 4.45. The van der Waals surface area contributed by atoms with E-state index in [1.54, 1.807) is 18.3 Å². The number of unbranched alkanes of at least 4 members (excludes halogenated alkanes) is 1. The third-order valence-corrected chi connectivity index (χ3v) is 3.41. The molecule has 4 heteroatoms. The van der Waals surface area contributed by atoms with E-state index in [9.17, 15) is 4.79 Å². The Morgan fingerprint density at radius 1 is 1.59 bits per heavy atom. The maximum absolute atomic E-state index is 12.4. The summed E-state index contributed by atoms with van der Waals surface area (Å²) < 4.78 is 0.717. The van der Waals surface area contributed by atoms with Crippen LogP contribution < -0.4 is 0 Å². The minimum absolute atomic E-state index is 0.143. The minimum Gasteiger partial charge on any atom is -0.336 e. The van der Waals surface area contributed by atoms with Crippen LogP contribution in [-0.4, -0.2) is 28.4 Å². The van der Waals surface area contributed by atoms with E-state index in [2.05, 4.69) is 27.8 Å². The lowest BCUT2D eigenvalue weighted by Gasteiger charge is -2.22. The summed E-state index contributed by atoms with van der Waals surface area (Å²) in [6.07, 6.45) is 6.18. The Morgan fingerprint density at radius 3 is 2.94 bits per heavy atom. The van der Waals surface area contributed by atoms with Crippen molar-refractivity contribution in [2.75, 3.05) is 6.54 Å². The van der Waals surface area contributed by atoms with Crippen LogP contribution in [0.1, 0.15) is 43.0 Å². The molecule has 1 heterocycles. The Kier molecular flexibility index (Phi) is 4.15. The van der Waals surface area contributed by atoms with Gasteiger partial charge in [-0.1, -0.05) is 13.3 Å². The topological polar surface area (TPSA) is 33.2 Å². The number of halogens is 1. The van der Waals surface area contributed by atoms with Crippen LogP contribution >= 0.6 is 15.9 Å². The molecule has 1 aliphatic carbocycles. The average molecular weight is 297 g/mol. The van der Waals surface area contributed by atoms with Gasteiger partial charge < -0.3 is 4.90 Å². The summed E-state index contributed by atoms with van der Waals surface area (Å²) in [7, 11) is 0. The van der Waals surface area contributed by atoms with Gasteiger partial charge in [-0.2, -0.15) is 0 Å². The van der Waals surface area contributed by atoms with E-state index in [1.165, 1.54) is 0 Å². The third kappa shape index (κ3) is 3.28. The summed E-state index contributed by atoms with van der Waals surface area (Å²) in [6.45, 7) is 3.03. The van der Waals surface area contributed by atoms with Gasteiger partial charge in [0.05, 0.1) is 0 Å². The van der Waals surface area contributed by atoms with E-state index in [0.717, 1.165) is 42.4 Å². The highest BCUT2D eigenvalue weighted by Gasteiger charge is 2.32. The molecular weight excluding hydrogens is 280 g/mol. The van der Waals surface area contributed by atoms with Crippen molar-refractivity contribution in [1.29, 1.82) is 0 Å². The number of carbonyl (C=O) groups excluding carboxylic acids is 1. The van der Waals surface area contributed by atoms with Gasteiger partial charge in [-0.25, -0.2) is 4.98 Å². The molecule has 1 aliphatic rings. The van der Waals surface area contributed by atoms with E-state index in [1.807, 2.05) is 4.90 Å². The molecule has 0 aromatic carbocycles. The first-order valence-electron chi connectivity index (χ1n) is 6.15. The van der Waals surface area contributed by atoms with E-state index < -0.39 is 0 Å². The van der Waals surface area contributed by atoms with Crippen LogP contribution in [0.3, 0.4) is 0 Å². The summed E-state index contributed by atoms with van der Waals surface area (Å²) in [5, 5.41) is 0. The lowest BCUT2D eigenvalue weighted by Crippen LogP contribution is -2.34. The highest BCUT2D eigenvalue weighted by Crippen LogP contribution is 2.28. The van der Waals surface area contributed by atoms with Crippen molar-refractivity contribution in [2.45, 2.75) is 38.6 Å². The summed E-state index contributed by atoms with van der Waals surface area (Å²) >= 11 is 3.30. The molecule has 0 saturated heterocycles. The number of amides is 1. The van der Waals surface area contributed by atoms with Gasteiger partial charge in [0.1, 0.15) is 4.60 Å². The number of hydrogen-bond acceptors (Lipinski definition) is 2. The second-order valence-corrected chi connectivity index (χ2v) is 5.26. The van der Waals surface area contributed by atoms with Crippen LogP contribution in [0.2, 0.25) is 0 Å². The molecule has 0 spiro atoms. The normalized spacial score (nSPS) is 14.7. The van der Waals surface area contributed by atoms with Gasteiger partial charge in [-0.3, -0.25) is 4.79 Å². The predicted molar refractivity (Wildman–Crippen MR) is 70.9 cm³/mol. The average Bonchev–Trinajstić information content (AvgIpc) is 3.14. The maximum atomic E-state index is 12.4. The SMILES string of the molecule is CCCCN(C(=O)c1ccnc(Br)c1)C1CC1. The Balaban J connectivity index is 2.10. The van der Waals surface area contributed by atoms with Crippen LogP contribution in [0.4, 0.5) is 0 Å². The summed E-state index contributed by atoms with van der Waals surface area (Å²) in [5.74, 6) is 0.143. The molecule has 0 atom stereocenters. The maximum Gasteiger partial charge on any atom is 0.254 e. The highest BCUT2D eigenvalue weighted by atomic mass is 79.9. The van der Waals surface area contributed by atoms with Crippen LogP contribution in [-0.2, 0) is 0 Å². The Bertz CT molecular complexity index is 404. The standard InChI is InChI=1S/C13H17BrN2O/c1-2-3-8-16(11-4-5-11)13(17)10-6-7-15-12(14)9-10/h6-7,9,11H,2-5,8H2,1H3. The summed E-state index contributed by atoms with van der Waals surface area (Å²) in [6, 6.07) is 4.05. The molecule has 0 aliphatic heterocycles. The van der Waals surface area contributed by atoms with Gasteiger partial charge in [-0.15, -0.1) is 0 Å². The number of carbonyl (C=O) groups is 1. The molecule has 0 bridgehead atoms. The number of pyridine rings is 1. The Hall–Kier alpha value is -0.900.